The fourth-order valence-corrected chi connectivity index (χ4v) is 4.05. The second-order valence-electron chi connectivity index (χ2n) is 5.81. The van der Waals surface area contributed by atoms with Crippen LogP contribution in [-0.4, -0.2) is 11.2 Å². The first-order valence-electron chi connectivity index (χ1n) is 5.95. The van der Waals surface area contributed by atoms with Gasteiger partial charge in [-0.3, -0.25) is 0 Å². The predicted molar refractivity (Wildman–Crippen MR) is 57.2 cm³/mol. The normalized spacial score (nSPS) is 51.2. The quantitative estimate of drug-likeness (QED) is 0.534. The van der Waals surface area contributed by atoms with Gasteiger partial charge in [0.25, 0.3) is 0 Å². The molecule has 2 aliphatic heterocycles. The molecule has 1 nitrogen and oxygen atoms in total. The van der Waals surface area contributed by atoms with Crippen molar-refractivity contribution in [1.29, 1.82) is 0 Å². The molecule has 3 rings (SSSR count). The lowest BCUT2D eigenvalue weighted by Gasteiger charge is -2.39. The van der Waals surface area contributed by atoms with Crippen LogP contribution in [0.15, 0.2) is 11.1 Å². The van der Waals surface area contributed by atoms with Crippen molar-refractivity contribution in [2.24, 2.45) is 5.92 Å². The second kappa shape index (κ2) is 2.44. The Morgan fingerprint density at radius 1 is 1.29 bits per heavy atom. The van der Waals surface area contributed by atoms with Gasteiger partial charge in [-0.05, 0) is 57.4 Å². The summed E-state index contributed by atoms with van der Waals surface area (Å²) in [4.78, 5) is 0. The monoisotopic (exact) mass is 192 g/mol. The summed E-state index contributed by atoms with van der Waals surface area (Å²) in [6, 6.07) is 0. The molecule has 0 N–H and O–H groups in total. The molecule has 0 amide bonds. The Kier molecular flexibility index (Phi) is 1.56. The standard InChI is InChI=1S/C13H20O/c1-9-4-7-13-10(2)8-12(3,14-13)6-5-11(9)13/h10H,4-8H2,1-3H3. The van der Waals surface area contributed by atoms with Crippen LogP contribution in [0.5, 0.6) is 0 Å². The minimum Gasteiger partial charge on any atom is -0.364 e. The van der Waals surface area contributed by atoms with Crippen LogP contribution >= 0.6 is 0 Å². The SMILES string of the molecule is CC1=C2CCC3(C)CC(C)C2(CC1)O3. The van der Waals surface area contributed by atoms with E-state index in [1.54, 1.807) is 11.1 Å². The summed E-state index contributed by atoms with van der Waals surface area (Å²) in [7, 11) is 0. The molecule has 0 aromatic heterocycles. The maximum Gasteiger partial charge on any atom is 0.0930 e. The number of hydrogen-bond acceptors (Lipinski definition) is 1. The summed E-state index contributed by atoms with van der Waals surface area (Å²) >= 11 is 0. The van der Waals surface area contributed by atoms with E-state index in [1.165, 1.54) is 32.1 Å². The van der Waals surface area contributed by atoms with Crippen molar-refractivity contribution in [2.45, 2.75) is 64.1 Å². The Morgan fingerprint density at radius 3 is 2.86 bits per heavy atom. The molecule has 0 saturated carbocycles. The van der Waals surface area contributed by atoms with Crippen molar-refractivity contribution in [3.8, 4) is 0 Å². The lowest BCUT2D eigenvalue weighted by Crippen LogP contribution is -2.40. The number of fused-ring (bicyclic) bond motifs is 1. The molecule has 0 aromatic rings. The summed E-state index contributed by atoms with van der Waals surface area (Å²) in [5.74, 6) is 0.738. The largest absolute Gasteiger partial charge is 0.364 e. The average Bonchev–Trinajstić information content (AvgIpc) is 2.52. The first kappa shape index (κ1) is 8.96. The fraction of sp³-hybridized carbons (Fsp3) is 0.846. The highest BCUT2D eigenvalue weighted by Crippen LogP contribution is 2.59. The van der Waals surface area contributed by atoms with Crippen LogP contribution in [0.25, 0.3) is 0 Å². The lowest BCUT2D eigenvalue weighted by atomic mass is 9.83. The molecule has 2 bridgehead atoms. The van der Waals surface area contributed by atoms with Crippen molar-refractivity contribution in [1.82, 2.24) is 0 Å². The van der Waals surface area contributed by atoms with Gasteiger partial charge in [-0.2, -0.15) is 0 Å². The molecule has 3 aliphatic rings. The topological polar surface area (TPSA) is 9.23 Å². The molecule has 1 aliphatic carbocycles. The van der Waals surface area contributed by atoms with Crippen LogP contribution in [0.2, 0.25) is 0 Å². The third-order valence-electron chi connectivity index (χ3n) is 4.76. The predicted octanol–water partition coefficient (Wildman–Crippen LogP) is 3.44. The molecule has 3 atom stereocenters. The van der Waals surface area contributed by atoms with Gasteiger partial charge in [0.05, 0.1) is 11.2 Å². The summed E-state index contributed by atoms with van der Waals surface area (Å²) < 4.78 is 6.42. The number of hydrogen-bond donors (Lipinski definition) is 0. The smallest absolute Gasteiger partial charge is 0.0930 e. The zero-order valence-electron chi connectivity index (χ0n) is 9.52. The van der Waals surface area contributed by atoms with Gasteiger partial charge < -0.3 is 4.74 Å². The molecule has 0 radical (unpaired) electrons. The van der Waals surface area contributed by atoms with Crippen LogP contribution in [0.3, 0.4) is 0 Å². The van der Waals surface area contributed by atoms with Crippen molar-refractivity contribution >= 4 is 0 Å². The third kappa shape index (κ3) is 0.894. The fourth-order valence-electron chi connectivity index (χ4n) is 4.05. The van der Waals surface area contributed by atoms with Gasteiger partial charge >= 0.3 is 0 Å². The van der Waals surface area contributed by atoms with E-state index in [2.05, 4.69) is 20.8 Å². The maximum atomic E-state index is 6.42. The van der Waals surface area contributed by atoms with Gasteiger partial charge in [-0.1, -0.05) is 12.5 Å². The maximum absolute atomic E-state index is 6.42. The van der Waals surface area contributed by atoms with Crippen LogP contribution < -0.4 is 0 Å². The molecule has 3 unspecified atom stereocenters. The molecule has 14 heavy (non-hydrogen) atoms. The van der Waals surface area contributed by atoms with E-state index in [-0.39, 0.29) is 11.2 Å². The van der Waals surface area contributed by atoms with Gasteiger partial charge in [-0.15, -0.1) is 0 Å². The Labute approximate surface area is 86.5 Å². The van der Waals surface area contributed by atoms with Crippen molar-refractivity contribution in [3.05, 3.63) is 11.1 Å². The van der Waals surface area contributed by atoms with Crippen molar-refractivity contribution in [2.75, 3.05) is 0 Å². The Bertz CT molecular complexity index is 317. The second-order valence-corrected chi connectivity index (χ2v) is 5.81. The van der Waals surface area contributed by atoms with Gasteiger partial charge in [-0.25, -0.2) is 0 Å². The van der Waals surface area contributed by atoms with E-state index < -0.39 is 0 Å². The first-order valence-corrected chi connectivity index (χ1v) is 5.95. The highest BCUT2D eigenvalue weighted by Gasteiger charge is 2.58. The highest BCUT2D eigenvalue weighted by molar-refractivity contribution is 5.35. The molecule has 2 fully saturated rings. The molecule has 0 aromatic carbocycles. The van der Waals surface area contributed by atoms with E-state index in [0.717, 1.165) is 5.92 Å². The lowest BCUT2D eigenvalue weighted by molar-refractivity contribution is -0.105. The molecular weight excluding hydrogens is 172 g/mol. The van der Waals surface area contributed by atoms with Crippen LogP contribution in [0, 0.1) is 5.92 Å². The summed E-state index contributed by atoms with van der Waals surface area (Å²) in [5.41, 5.74) is 3.67. The Balaban J connectivity index is 2.09. The van der Waals surface area contributed by atoms with E-state index in [0.29, 0.717) is 0 Å². The van der Waals surface area contributed by atoms with Crippen molar-refractivity contribution < 1.29 is 4.74 Å². The molecule has 2 saturated heterocycles. The van der Waals surface area contributed by atoms with Crippen LogP contribution in [0.1, 0.15) is 52.9 Å². The van der Waals surface area contributed by atoms with Gasteiger partial charge in [0.2, 0.25) is 0 Å². The minimum atomic E-state index is 0.178. The molecule has 1 spiro atoms. The summed E-state index contributed by atoms with van der Waals surface area (Å²) in [5, 5.41) is 0. The van der Waals surface area contributed by atoms with Crippen LogP contribution in [0.4, 0.5) is 0 Å². The van der Waals surface area contributed by atoms with E-state index >= 15 is 0 Å². The average molecular weight is 192 g/mol. The minimum absolute atomic E-state index is 0.178. The number of rotatable bonds is 0. The van der Waals surface area contributed by atoms with E-state index in [4.69, 9.17) is 4.74 Å². The number of allylic oxidation sites excluding steroid dienone is 1. The van der Waals surface area contributed by atoms with Crippen molar-refractivity contribution in [3.63, 3.8) is 0 Å². The number of ether oxygens (including phenoxy) is 1. The van der Waals surface area contributed by atoms with Gasteiger partial charge in [0.15, 0.2) is 0 Å². The third-order valence-corrected chi connectivity index (χ3v) is 4.76. The highest BCUT2D eigenvalue weighted by atomic mass is 16.5. The van der Waals surface area contributed by atoms with Crippen LogP contribution in [-0.2, 0) is 4.74 Å². The molecule has 78 valence electrons. The van der Waals surface area contributed by atoms with Gasteiger partial charge in [0, 0.05) is 0 Å². The molecular formula is C13H20O. The Morgan fingerprint density at radius 2 is 2.07 bits per heavy atom. The van der Waals surface area contributed by atoms with E-state index in [1.807, 2.05) is 0 Å². The summed E-state index contributed by atoms with van der Waals surface area (Å²) in [6.07, 6.45) is 6.34. The first-order chi connectivity index (χ1) is 6.56. The molecule has 2 heterocycles. The molecule has 1 heteroatoms. The van der Waals surface area contributed by atoms with E-state index in [9.17, 15) is 0 Å². The zero-order chi connectivity index (χ0) is 9.97. The zero-order valence-corrected chi connectivity index (χ0v) is 9.52. The Hall–Kier alpha value is -0.300. The van der Waals surface area contributed by atoms with Gasteiger partial charge in [0.1, 0.15) is 0 Å². The summed E-state index contributed by atoms with van der Waals surface area (Å²) in [6.45, 7) is 7.00.